The summed E-state index contributed by atoms with van der Waals surface area (Å²) in [5, 5.41) is 11.0. The molecule has 1 aromatic rings. The highest BCUT2D eigenvalue weighted by molar-refractivity contribution is 5.78. The van der Waals surface area contributed by atoms with Gasteiger partial charge in [0.15, 0.2) is 12.4 Å². The number of nitro benzene ring substituents is 1. The highest BCUT2D eigenvalue weighted by Crippen LogP contribution is 2.30. The zero-order valence-corrected chi connectivity index (χ0v) is 11.6. The minimum atomic E-state index is -0.572. The van der Waals surface area contributed by atoms with Crippen LogP contribution >= 0.6 is 0 Å². The van der Waals surface area contributed by atoms with Crippen molar-refractivity contribution in [1.29, 1.82) is 0 Å². The Kier molecular flexibility index (Phi) is 4.94. The minimum absolute atomic E-state index is 0.0439. The zero-order valence-electron chi connectivity index (χ0n) is 11.6. The van der Waals surface area contributed by atoms with E-state index in [0.717, 1.165) is 0 Å². The first kappa shape index (κ1) is 15.0. The summed E-state index contributed by atoms with van der Waals surface area (Å²) >= 11 is 0. The second-order valence-electron chi connectivity index (χ2n) is 4.37. The number of rotatable bonds is 5. The molecule has 2 rings (SSSR count). The van der Waals surface area contributed by atoms with Crippen molar-refractivity contribution in [2.75, 3.05) is 40.0 Å². The van der Waals surface area contributed by atoms with Crippen molar-refractivity contribution in [3.63, 3.8) is 0 Å². The van der Waals surface area contributed by atoms with Gasteiger partial charge < -0.3 is 19.1 Å². The monoisotopic (exact) mass is 296 g/mol. The number of benzene rings is 1. The Hall–Kier alpha value is -2.35. The first-order valence-electron chi connectivity index (χ1n) is 6.42. The quantitative estimate of drug-likeness (QED) is 0.590. The summed E-state index contributed by atoms with van der Waals surface area (Å²) in [5.41, 5.74) is -0.232. The average Bonchev–Trinajstić information content (AvgIpc) is 2.53. The number of carbonyl (C=O) groups excluding carboxylic acids is 1. The molecule has 0 N–H and O–H groups in total. The molecule has 1 amide bonds. The molecule has 114 valence electrons. The van der Waals surface area contributed by atoms with Gasteiger partial charge in [-0.25, -0.2) is 0 Å². The average molecular weight is 296 g/mol. The van der Waals surface area contributed by atoms with Gasteiger partial charge in [-0.15, -0.1) is 0 Å². The van der Waals surface area contributed by atoms with Gasteiger partial charge in [-0.3, -0.25) is 14.9 Å². The van der Waals surface area contributed by atoms with E-state index in [-0.39, 0.29) is 24.0 Å². The lowest BCUT2D eigenvalue weighted by Crippen LogP contribution is -2.43. The molecule has 1 aliphatic rings. The molecule has 8 heteroatoms. The van der Waals surface area contributed by atoms with Crippen LogP contribution in [0.4, 0.5) is 5.69 Å². The molecule has 1 aliphatic heterocycles. The summed E-state index contributed by atoms with van der Waals surface area (Å²) in [4.78, 5) is 24.0. The lowest BCUT2D eigenvalue weighted by molar-refractivity contribution is -0.385. The molecule has 0 saturated carbocycles. The number of amides is 1. The summed E-state index contributed by atoms with van der Waals surface area (Å²) in [6.07, 6.45) is 0. The number of ether oxygens (including phenoxy) is 3. The fourth-order valence-electron chi connectivity index (χ4n) is 1.93. The van der Waals surface area contributed by atoms with Crippen molar-refractivity contribution >= 4 is 11.6 Å². The van der Waals surface area contributed by atoms with Gasteiger partial charge >= 0.3 is 5.69 Å². The summed E-state index contributed by atoms with van der Waals surface area (Å²) in [5.74, 6) is 0.180. The van der Waals surface area contributed by atoms with Crippen molar-refractivity contribution in [2.45, 2.75) is 0 Å². The van der Waals surface area contributed by atoms with E-state index in [1.54, 1.807) is 11.0 Å². The van der Waals surface area contributed by atoms with E-state index < -0.39 is 4.92 Å². The molecule has 21 heavy (non-hydrogen) atoms. The van der Waals surface area contributed by atoms with Gasteiger partial charge in [0.05, 0.1) is 31.3 Å². The van der Waals surface area contributed by atoms with Crippen LogP contribution in [-0.2, 0) is 9.53 Å². The molecule has 1 saturated heterocycles. The standard InChI is InChI=1S/C13H16N2O6/c1-19-10-2-3-12(11(8-10)15(17)18)21-9-13(16)14-4-6-20-7-5-14/h2-3,8H,4-7,9H2,1H3. The highest BCUT2D eigenvalue weighted by atomic mass is 16.6. The predicted octanol–water partition coefficient (Wildman–Crippen LogP) is 0.841. The maximum atomic E-state index is 11.9. The van der Waals surface area contributed by atoms with Crippen LogP contribution < -0.4 is 9.47 Å². The number of hydrogen-bond donors (Lipinski definition) is 0. The van der Waals surface area contributed by atoms with E-state index in [2.05, 4.69) is 0 Å². The van der Waals surface area contributed by atoms with Crippen LogP contribution in [0.3, 0.4) is 0 Å². The smallest absolute Gasteiger partial charge is 0.314 e. The van der Waals surface area contributed by atoms with Crippen LogP contribution in [0.15, 0.2) is 18.2 Å². The van der Waals surface area contributed by atoms with E-state index in [1.165, 1.54) is 19.2 Å². The Balaban J connectivity index is 2.02. The summed E-state index contributed by atoms with van der Waals surface area (Å²) in [7, 11) is 1.42. The number of hydrogen-bond acceptors (Lipinski definition) is 6. The highest BCUT2D eigenvalue weighted by Gasteiger charge is 2.20. The largest absolute Gasteiger partial charge is 0.496 e. The van der Waals surface area contributed by atoms with Gasteiger partial charge in [-0.2, -0.15) is 0 Å². The van der Waals surface area contributed by atoms with Crippen molar-refractivity contribution in [3.8, 4) is 11.5 Å². The van der Waals surface area contributed by atoms with Crippen molar-refractivity contribution in [2.24, 2.45) is 0 Å². The maximum absolute atomic E-state index is 11.9. The fourth-order valence-corrected chi connectivity index (χ4v) is 1.93. The molecule has 0 aromatic heterocycles. The van der Waals surface area contributed by atoms with Crippen LogP contribution in [0.1, 0.15) is 0 Å². The third-order valence-electron chi connectivity index (χ3n) is 3.08. The number of morpholine rings is 1. The van der Waals surface area contributed by atoms with Crippen LogP contribution in [0.25, 0.3) is 0 Å². The summed E-state index contributed by atoms with van der Waals surface area (Å²) < 4.78 is 15.4. The van der Waals surface area contributed by atoms with E-state index in [1.807, 2.05) is 0 Å². The molecule has 0 bridgehead atoms. The minimum Gasteiger partial charge on any atom is -0.496 e. The second-order valence-corrected chi connectivity index (χ2v) is 4.37. The lowest BCUT2D eigenvalue weighted by Gasteiger charge is -2.26. The molecule has 1 fully saturated rings. The fraction of sp³-hybridized carbons (Fsp3) is 0.462. The molecule has 0 spiro atoms. The van der Waals surface area contributed by atoms with Gasteiger partial charge in [0.1, 0.15) is 5.75 Å². The normalized spacial score (nSPS) is 14.6. The molecular formula is C13H16N2O6. The maximum Gasteiger partial charge on any atom is 0.314 e. The van der Waals surface area contributed by atoms with Crippen molar-refractivity contribution in [3.05, 3.63) is 28.3 Å². The molecule has 0 aliphatic carbocycles. The Bertz CT molecular complexity index is 527. The van der Waals surface area contributed by atoms with E-state index in [4.69, 9.17) is 14.2 Å². The van der Waals surface area contributed by atoms with Gasteiger partial charge in [-0.1, -0.05) is 0 Å². The zero-order chi connectivity index (χ0) is 15.2. The second kappa shape index (κ2) is 6.89. The van der Waals surface area contributed by atoms with Crippen molar-refractivity contribution < 1.29 is 23.9 Å². The topological polar surface area (TPSA) is 91.1 Å². The summed E-state index contributed by atoms with van der Waals surface area (Å²) in [6, 6.07) is 4.22. The molecule has 1 heterocycles. The molecule has 8 nitrogen and oxygen atoms in total. The SMILES string of the molecule is COc1ccc(OCC(=O)N2CCOCC2)c([N+](=O)[O-])c1. The van der Waals surface area contributed by atoms with Gasteiger partial charge in [0.25, 0.3) is 5.91 Å². The van der Waals surface area contributed by atoms with E-state index in [0.29, 0.717) is 32.1 Å². The Labute approximate surface area is 121 Å². The Morgan fingerprint density at radius 1 is 1.43 bits per heavy atom. The van der Waals surface area contributed by atoms with Gasteiger partial charge in [0.2, 0.25) is 0 Å². The third-order valence-corrected chi connectivity index (χ3v) is 3.08. The molecule has 0 atom stereocenters. The molecule has 0 unspecified atom stereocenters. The first-order valence-corrected chi connectivity index (χ1v) is 6.42. The summed E-state index contributed by atoms with van der Waals surface area (Å²) in [6.45, 7) is 1.76. The van der Waals surface area contributed by atoms with E-state index >= 15 is 0 Å². The van der Waals surface area contributed by atoms with Crippen LogP contribution in [0.2, 0.25) is 0 Å². The first-order chi connectivity index (χ1) is 10.1. The van der Waals surface area contributed by atoms with E-state index in [9.17, 15) is 14.9 Å². The predicted molar refractivity (Wildman–Crippen MR) is 72.5 cm³/mol. The Morgan fingerprint density at radius 3 is 2.76 bits per heavy atom. The Morgan fingerprint density at radius 2 is 2.14 bits per heavy atom. The molecule has 1 aromatic carbocycles. The molecule has 0 radical (unpaired) electrons. The number of carbonyl (C=O) groups is 1. The van der Waals surface area contributed by atoms with Gasteiger partial charge in [0, 0.05) is 13.1 Å². The number of nitro groups is 1. The third kappa shape index (κ3) is 3.82. The van der Waals surface area contributed by atoms with Crippen molar-refractivity contribution in [1.82, 2.24) is 4.90 Å². The van der Waals surface area contributed by atoms with Crippen LogP contribution in [-0.4, -0.2) is 55.8 Å². The van der Waals surface area contributed by atoms with Crippen LogP contribution in [0, 0.1) is 10.1 Å². The van der Waals surface area contributed by atoms with Gasteiger partial charge in [-0.05, 0) is 12.1 Å². The lowest BCUT2D eigenvalue weighted by atomic mass is 10.3. The number of nitrogens with zero attached hydrogens (tertiary/aromatic N) is 2. The molecular weight excluding hydrogens is 280 g/mol. The number of methoxy groups -OCH3 is 1. The van der Waals surface area contributed by atoms with Crippen LogP contribution in [0.5, 0.6) is 11.5 Å².